The molecule has 0 aliphatic rings. The Hall–Kier alpha value is -1.13. The number of aliphatic hydroxyl groups excluding tert-OH is 1. The molecule has 1 rings (SSSR count). The van der Waals surface area contributed by atoms with E-state index in [4.69, 9.17) is 0 Å². The molecule has 0 saturated heterocycles. The minimum Gasteiger partial charge on any atom is -0.395 e. The largest absolute Gasteiger partial charge is 0.395 e. The van der Waals surface area contributed by atoms with Crippen molar-refractivity contribution in [2.45, 2.75) is 59.2 Å². The van der Waals surface area contributed by atoms with Crippen molar-refractivity contribution in [3.05, 3.63) is 29.6 Å². The average Bonchev–Trinajstić information content (AvgIpc) is 2.46. The van der Waals surface area contributed by atoms with E-state index in [1.54, 1.807) is 6.07 Å². The first-order valence-corrected chi connectivity index (χ1v) is 7.92. The van der Waals surface area contributed by atoms with Gasteiger partial charge in [-0.2, -0.15) is 0 Å². The molecular weight excluding hydrogens is 267 g/mol. The third-order valence-electron chi connectivity index (χ3n) is 3.76. The molecule has 0 spiro atoms. The van der Waals surface area contributed by atoms with Crippen LogP contribution in [0.2, 0.25) is 0 Å². The normalized spacial score (nSPS) is 11.4. The summed E-state index contributed by atoms with van der Waals surface area (Å²) < 4.78 is 14.4. The van der Waals surface area contributed by atoms with Crippen LogP contribution in [0.1, 0.15) is 46.1 Å². The zero-order chi connectivity index (χ0) is 15.8. The maximum atomic E-state index is 14.4. The fourth-order valence-electron chi connectivity index (χ4n) is 2.55. The Kier molecular flexibility index (Phi) is 7.68. The van der Waals surface area contributed by atoms with E-state index in [1.165, 1.54) is 0 Å². The molecule has 0 amide bonds. The van der Waals surface area contributed by atoms with Gasteiger partial charge in [-0.3, -0.25) is 0 Å². The number of halogens is 1. The molecule has 1 aromatic rings. The van der Waals surface area contributed by atoms with Crippen molar-refractivity contribution in [3.63, 3.8) is 0 Å². The van der Waals surface area contributed by atoms with E-state index in [2.05, 4.69) is 33.0 Å². The highest BCUT2D eigenvalue weighted by atomic mass is 19.1. The Morgan fingerprint density at radius 1 is 1.24 bits per heavy atom. The van der Waals surface area contributed by atoms with Crippen LogP contribution in [0, 0.1) is 5.82 Å². The van der Waals surface area contributed by atoms with Crippen LogP contribution in [-0.4, -0.2) is 30.3 Å². The van der Waals surface area contributed by atoms with E-state index >= 15 is 0 Å². The summed E-state index contributed by atoms with van der Waals surface area (Å²) in [6, 6.07) is 6.02. The Bertz CT molecular complexity index is 419. The molecule has 4 heteroatoms. The SMILES string of the molecule is CCC(CC)N(CCO)c1ccc(CNC(C)C)cc1F. The Labute approximate surface area is 128 Å². The first-order valence-electron chi connectivity index (χ1n) is 7.92. The van der Waals surface area contributed by atoms with Gasteiger partial charge in [0.25, 0.3) is 0 Å². The van der Waals surface area contributed by atoms with E-state index in [-0.39, 0.29) is 18.5 Å². The number of nitrogens with zero attached hydrogens (tertiary/aromatic N) is 1. The number of benzene rings is 1. The zero-order valence-electron chi connectivity index (χ0n) is 13.7. The van der Waals surface area contributed by atoms with E-state index in [9.17, 15) is 9.50 Å². The highest BCUT2D eigenvalue weighted by Gasteiger charge is 2.18. The summed E-state index contributed by atoms with van der Waals surface area (Å²) in [6.45, 7) is 9.50. The number of rotatable bonds is 9. The first-order chi connectivity index (χ1) is 10.0. The summed E-state index contributed by atoms with van der Waals surface area (Å²) in [4.78, 5) is 1.98. The molecule has 0 fully saturated rings. The Morgan fingerprint density at radius 2 is 1.90 bits per heavy atom. The number of hydrogen-bond acceptors (Lipinski definition) is 3. The summed E-state index contributed by atoms with van der Waals surface area (Å²) in [5.74, 6) is -0.210. The van der Waals surface area contributed by atoms with Gasteiger partial charge in [0.15, 0.2) is 0 Å². The molecule has 0 bridgehead atoms. The van der Waals surface area contributed by atoms with Gasteiger partial charge in [0, 0.05) is 25.2 Å². The molecule has 0 saturated carbocycles. The topological polar surface area (TPSA) is 35.5 Å². The highest BCUT2D eigenvalue weighted by molar-refractivity contribution is 5.50. The second-order valence-electron chi connectivity index (χ2n) is 5.71. The number of anilines is 1. The maximum Gasteiger partial charge on any atom is 0.146 e. The molecule has 0 heterocycles. The van der Waals surface area contributed by atoms with Crippen LogP contribution in [-0.2, 0) is 6.54 Å². The van der Waals surface area contributed by atoms with Crippen molar-refractivity contribution in [2.24, 2.45) is 0 Å². The molecular formula is C17H29FN2O. The van der Waals surface area contributed by atoms with Gasteiger partial charge in [-0.25, -0.2) is 4.39 Å². The van der Waals surface area contributed by atoms with Crippen molar-refractivity contribution in [3.8, 4) is 0 Å². The molecule has 0 unspecified atom stereocenters. The molecule has 120 valence electrons. The highest BCUT2D eigenvalue weighted by Crippen LogP contribution is 2.24. The molecule has 0 radical (unpaired) electrons. The maximum absolute atomic E-state index is 14.4. The van der Waals surface area contributed by atoms with Gasteiger partial charge in [-0.05, 0) is 30.5 Å². The van der Waals surface area contributed by atoms with Crippen molar-refractivity contribution in [2.75, 3.05) is 18.1 Å². The first kappa shape index (κ1) is 17.9. The van der Waals surface area contributed by atoms with Gasteiger partial charge in [-0.1, -0.05) is 33.8 Å². The molecule has 21 heavy (non-hydrogen) atoms. The number of aliphatic hydroxyl groups is 1. The Morgan fingerprint density at radius 3 is 2.38 bits per heavy atom. The summed E-state index contributed by atoms with van der Waals surface area (Å²) in [7, 11) is 0. The molecule has 0 aliphatic heterocycles. The second-order valence-corrected chi connectivity index (χ2v) is 5.71. The van der Waals surface area contributed by atoms with Crippen molar-refractivity contribution < 1.29 is 9.50 Å². The van der Waals surface area contributed by atoms with Crippen molar-refractivity contribution in [1.82, 2.24) is 5.32 Å². The number of hydrogen-bond donors (Lipinski definition) is 2. The fourth-order valence-corrected chi connectivity index (χ4v) is 2.55. The van der Waals surface area contributed by atoms with Crippen LogP contribution in [0.3, 0.4) is 0 Å². The zero-order valence-corrected chi connectivity index (χ0v) is 13.7. The lowest BCUT2D eigenvalue weighted by Crippen LogP contribution is -2.37. The van der Waals surface area contributed by atoms with Crippen LogP contribution in [0.5, 0.6) is 0 Å². The van der Waals surface area contributed by atoms with E-state index in [0.29, 0.717) is 24.8 Å². The van der Waals surface area contributed by atoms with E-state index in [1.807, 2.05) is 17.0 Å². The summed E-state index contributed by atoms with van der Waals surface area (Å²) in [5, 5.41) is 12.5. The lowest BCUT2D eigenvalue weighted by molar-refractivity contribution is 0.295. The molecule has 0 aliphatic carbocycles. The predicted octanol–water partition coefficient (Wildman–Crippen LogP) is 3.31. The van der Waals surface area contributed by atoms with Gasteiger partial charge < -0.3 is 15.3 Å². The van der Waals surface area contributed by atoms with Crippen LogP contribution in [0.25, 0.3) is 0 Å². The Balaban J connectivity index is 2.93. The van der Waals surface area contributed by atoms with E-state index < -0.39 is 0 Å². The quantitative estimate of drug-likeness (QED) is 0.734. The minimum absolute atomic E-state index is 0.0343. The lowest BCUT2D eigenvalue weighted by atomic mass is 10.1. The lowest BCUT2D eigenvalue weighted by Gasteiger charge is -2.32. The van der Waals surface area contributed by atoms with Crippen LogP contribution >= 0.6 is 0 Å². The van der Waals surface area contributed by atoms with Gasteiger partial charge in [0.2, 0.25) is 0 Å². The van der Waals surface area contributed by atoms with Crippen LogP contribution < -0.4 is 10.2 Å². The molecule has 1 aromatic carbocycles. The van der Waals surface area contributed by atoms with Crippen LogP contribution in [0.4, 0.5) is 10.1 Å². The van der Waals surface area contributed by atoms with Crippen LogP contribution in [0.15, 0.2) is 18.2 Å². The molecule has 0 atom stereocenters. The van der Waals surface area contributed by atoms with Crippen molar-refractivity contribution >= 4 is 5.69 Å². The summed E-state index contributed by atoms with van der Waals surface area (Å²) in [5.41, 5.74) is 1.53. The fraction of sp³-hybridized carbons (Fsp3) is 0.647. The van der Waals surface area contributed by atoms with Crippen molar-refractivity contribution in [1.29, 1.82) is 0 Å². The smallest absolute Gasteiger partial charge is 0.146 e. The third kappa shape index (κ3) is 5.29. The minimum atomic E-state index is -0.210. The third-order valence-corrected chi connectivity index (χ3v) is 3.76. The predicted molar refractivity (Wildman–Crippen MR) is 87.2 cm³/mol. The summed E-state index contributed by atoms with van der Waals surface area (Å²) >= 11 is 0. The van der Waals surface area contributed by atoms with Gasteiger partial charge in [0.1, 0.15) is 5.82 Å². The van der Waals surface area contributed by atoms with E-state index in [0.717, 1.165) is 18.4 Å². The molecule has 0 aromatic heterocycles. The standard InChI is InChI=1S/C17H29FN2O/c1-5-15(6-2)20(9-10-21)17-8-7-14(11-16(17)18)12-19-13(3)4/h7-8,11,13,15,19,21H,5-6,9-10,12H2,1-4H3. The molecule has 2 N–H and O–H groups in total. The average molecular weight is 296 g/mol. The molecule has 3 nitrogen and oxygen atoms in total. The monoisotopic (exact) mass is 296 g/mol. The van der Waals surface area contributed by atoms with Gasteiger partial charge in [0.05, 0.1) is 12.3 Å². The second kappa shape index (κ2) is 9.00. The number of nitrogens with one attached hydrogen (secondary N) is 1. The van der Waals surface area contributed by atoms with Gasteiger partial charge >= 0.3 is 0 Å². The van der Waals surface area contributed by atoms with Gasteiger partial charge in [-0.15, -0.1) is 0 Å². The summed E-state index contributed by atoms with van der Waals surface area (Å²) in [6.07, 6.45) is 1.87.